The van der Waals surface area contributed by atoms with Crippen molar-refractivity contribution in [1.29, 1.82) is 0 Å². The Morgan fingerprint density at radius 2 is 1.93 bits per heavy atom. The number of nitrogens with one attached hydrogen (secondary N) is 2. The maximum atomic E-state index is 12.7. The van der Waals surface area contributed by atoms with Gasteiger partial charge in [-0.25, -0.2) is 4.79 Å². The van der Waals surface area contributed by atoms with Gasteiger partial charge in [-0.05, 0) is 48.7 Å². The second-order valence-corrected chi connectivity index (χ2v) is 6.50. The minimum absolute atomic E-state index is 0.137. The van der Waals surface area contributed by atoms with E-state index < -0.39 is 17.9 Å². The number of anilines is 1. The summed E-state index contributed by atoms with van der Waals surface area (Å²) in [5.74, 6) is -0.804. The lowest BCUT2D eigenvalue weighted by Gasteiger charge is -2.22. The van der Waals surface area contributed by atoms with Crippen LogP contribution in [0.3, 0.4) is 0 Å². The Morgan fingerprint density at radius 3 is 2.50 bits per heavy atom. The Morgan fingerprint density at radius 1 is 1.18 bits per heavy atom. The summed E-state index contributed by atoms with van der Waals surface area (Å²) in [6.45, 7) is 5.27. The van der Waals surface area contributed by atoms with E-state index in [1.54, 1.807) is 31.2 Å². The van der Waals surface area contributed by atoms with Crippen LogP contribution < -0.4 is 15.4 Å². The summed E-state index contributed by atoms with van der Waals surface area (Å²) in [5, 5.41) is 5.50. The largest absolute Gasteiger partial charge is 0.482 e. The Hall–Kier alpha value is -3.29. The van der Waals surface area contributed by atoms with Gasteiger partial charge in [-0.3, -0.25) is 9.59 Å². The van der Waals surface area contributed by atoms with Gasteiger partial charge in [0.2, 0.25) is 5.91 Å². The molecular formula is C20H24N2O6. The predicted octanol–water partition coefficient (Wildman–Crippen LogP) is 2.53. The highest BCUT2D eigenvalue weighted by Crippen LogP contribution is 2.22. The molecule has 0 saturated carbocycles. The zero-order chi connectivity index (χ0) is 20.7. The first-order valence-corrected chi connectivity index (χ1v) is 8.77. The molecule has 0 aliphatic carbocycles. The minimum atomic E-state index is -0.743. The highest BCUT2D eigenvalue weighted by Gasteiger charge is 2.26. The molecule has 2 amide bonds. The number of hydrogen-bond donors (Lipinski definition) is 2. The van der Waals surface area contributed by atoms with Crippen LogP contribution in [0, 0.1) is 12.8 Å². The Balaban J connectivity index is 2.04. The van der Waals surface area contributed by atoms with Crippen LogP contribution in [0.4, 0.5) is 5.69 Å². The predicted molar refractivity (Wildman–Crippen MR) is 102 cm³/mol. The molecule has 150 valence electrons. The topological polar surface area (TPSA) is 107 Å². The molecule has 1 aromatic carbocycles. The molecule has 1 unspecified atom stereocenters. The highest BCUT2D eigenvalue weighted by atomic mass is 16.6. The van der Waals surface area contributed by atoms with E-state index in [0.29, 0.717) is 11.4 Å². The van der Waals surface area contributed by atoms with Crippen molar-refractivity contribution in [2.24, 2.45) is 5.92 Å². The van der Waals surface area contributed by atoms with Crippen molar-refractivity contribution in [2.45, 2.75) is 26.8 Å². The van der Waals surface area contributed by atoms with E-state index in [1.807, 2.05) is 13.8 Å². The van der Waals surface area contributed by atoms with Crippen LogP contribution in [-0.4, -0.2) is 37.5 Å². The summed E-state index contributed by atoms with van der Waals surface area (Å²) in [7, 11) is 1.28. The number of rotatable bonds is 8. The van der Waals surface area contributed by atoms with E-state index in [1.165, 1.54) is 19.4 Å². The zero-order valence-corrected chi connectivity index (χ0v) is 16.3. The van der Waals surface area contributed by atoms with Gasteiger partial charge in [-0.1, -0.05) is 13.8 Å². The van der Waals surface area contributed by atoms with Crippen LogP contribution in [0.2, 0.25) is 0 Å². The van der Waals surface area contributed by atoms with Crippen molar-refractivity contribution in [1.82, 2.24) is 5.32 Å². The van der Waals surface area contributed by atoms with Gasteiger partial charge in [0.25, 0.3) is 5.91 Å². The molecule has 2 rings (SSSR count). The summed E-state index contributed by atoms with van der Waals surface area (Å²) in [6.07, 6.45) is 1.40. The van der Waals surface area contributed by atoms with Crippen LogP contribution in [0.5, 0.6) is 5.75 Å². The van der Waals surface area contributed by atoms with E-state index in [0.717, 1.165) is 5.56 Å². The van der Waals surface area contributed by atoms with Gasteiger partial charge in [-0.2, -0.15) is 0 Å². The van der Waals surface area contributed by atoms with E-state index in [4.69, 9.17) is 9.15 Å². The molecule has 0 saturated heterocycles. The van der Waals surface area contributed by atoms with E-state index in [2.05, 4.69) is 15.4 Å². The van der Waals surface area contributed by atoms with Crippen molar-refractivity contribution in [3.8, 4) is 5.75 Å². The molecule has 1 heterocycles. The summed E-state index contributed by atoms with van der Waals surface area (Å²) in [4.78, 5) is 36.1. The number of aryl methyl sites for hydroxylation is 1. The number of hydrogen-bond acceptors (Lipinski definition) is 6. The molecule has 1 atom stereocenters. The molecule has 8 nitrogen and oxygen atoms in total. The van der Waals surface area contributed by atoms with Gasteiger partial charge < -0.3 is 24.5 Å². The van der Waals surface area contributed by atoms with Crippen molar-refractivity contribution < 1.29 is 28.3 Å². The third-order valence-electron chi connectivity index (χ3n) is 4.02. The molecule has 0 aliphatic heterocycles. The quantitative estimate of drug-likeness (QED) is 0.673. The standard InChI is InChI=1S/C20H24N2O6/c1-12(2)18(22-19(24)16-6-5-9-27-16)20(25)21-15-8-7-14(10-13(15)3)28-11-17(23)26-4/h5-10,12,18H,11H2,1-4H3,(H,21,25)(H,22,24). The van der Waals surface area contributed by atoms with Crippen LogP contribution in [0.1, 0.15) is 30.0 Å². The lowest BCUT2D eigenvalue weighted by atomic mass is 10.0. The number of methoxy groups -OCH3 is 1. The Kier molecular flexibility index (Phi) is 7.20. The fraction of sp³-hybridized carbons (Fsp3) is 0.350. The number of furan rings is 1. The number of benzene rings is 1. The number of esters is 1. The van der Waals surface area contributed by atoms with Crippen molar-refractivity contribution in [3.05, 3.63) is 47.9 Å². The lowest BCUT2D eigenvalue weighted by Crippen LogP contribution is -2.47. The van der Waals surface area contributed by atoms with E-state index in [-0.39, 0.29) is 24.2 Å². The van der Waals surface area contributed by atoms with E-state index >= 15 is 0 Å². The number of carbonyl (C=O) groups is 3. The molecule has 0 bridgehead atoms. The fourth-order valence-electron chi connectivity index (χ4n) is 2.43. The molecule has 0 aliphatic rings. The SMILES string of the molecule is COC(=O)COc1ccc(NC(=O)C(NC(=O)c2ccco2)C(C)C)c(C)c1. The number of ether oxygens (including phenoxy) is 2. The van der Waals surface area contributed by atoms with Gasteiger partial charge in [0.05, 0.1) is 13.4 Å². The summed E-state index contributed by atoms with van der Waals surface area (Å²) < 4.78 is 14.9. The van der Waals surface area contributed by atoms with Crippen LogP contribution >= 0.6 is 0 Å². The monoisotopic (exact) mass is 388 g/mol. The Labute approximate surface area is 163 Å². The third kappa shape index (κ3) is 5.60. The van der Waals surface area contributed by atoms with Crippen LogP contribution in [-0.2, 0) is 14.3 Å². The first-order valence-electron chi connectivity index (χ1n) is 8.77. The average Bonchev–Trinajstić information content (AvgIpc) is 3.20. The molecule has 0 radical (unpaired) electrons. The van der Waals surface area contributed by atoms with Crippen LogP contribution in [0.15, 0.2) is 41.0 Å². The maximum absolute atomic E-state index is 12.7. The second kappa shape index (κ2) is 9.59. The van der Waals surface area contributed by atoms with Crippen molar-refractivity contribution in [2.75, 3.05) is 19.0 Å². The van der Waals surface area contributed by atoms with Crippen molar-refractivity contribution in [3.63, 3.8) is 0 Å². The molecule has 0 spiro atoms. The normalized spacial score (nSPS) is 11.6. The zero-order valence-electron chi connectivity index (χ0n) is 16.3. The first-order chi connectivity index (χ1) is 13.3. The summed E-state index contributed by atoms with van der Waals surface area (Å²) >= 11 is 0. The number of amides is 2. The fourth-order valence-corrected chi connectivity index (χ4v) is 2.43. The van der Waals surface area contributed by atoms with Gasteiger partial charge in [-0.15, -0.1) is 0 Å². The third-order valence-corrected chi connectivity index (χ3v) is 4.02. The van der Waals surface area contributed by atoms with Gasteiger partial charge >= 0.3 is 5.97 Å². The maximum Gasteiger partial charge on any atom is 0.343 e. The van der Waals surface area contributed by atoms with Gasteiger partial charge in [0, 0.05) is 5.69 Å². The first kappa shape index (κ1) is 21.0. The van der Waals surface area contributed by atoms with Gasteiger partial charge in [0.15, 0.2) is 12.4 Å². The molecule has 28 heavy (non-hydrogen) atoms. The Bertz CT molecular complexity index is 829. The molecule has 2 N–H and O–H groups in total. The molecule has 2 aromatic rings. The molecular weight excluding hydrogens is 364 g/mol. The number of carbonyl (C=O) groups excluding carboxylic acids is 3. The van der Waals surface area contributed by atoms with Gasteiger partial charge in [0.1, 0.15) is 11.8 Å². The summed E-state index contributed by atoms with van der Waals surface area (Å²) in [6, 6.07) is 7.40. The summed E-state index contributed by atoms with van der Waals surface area (Å²) in [5.41, 5.74) is 1.32. The van der Waals surface area contributed by atoms with Crippen molar-refractivity contribution >= 4 is 23.5 Å². The van der Waals surface area contributed by atoms with E-state index in [9.17, 15) is 14.4 Å². The second-order valence-electron chi connectivity index (χ2n) is 6.50. The highest BCUT2D eigenvalue weighted by molar-refractivity contribution is 6.00. The smallest absolute Gasteiger partial charge is 0.343 e. The average molecular weight is 388 g/mol. The molecule has 0 fully saturated rings. The lowest BCUT2D eigenvalue weighted by molar-refractivity contribution is -0.142. The van der Waals surface area contributed by atoms with Crippen LogP contribution in [0.25, 0.3) is 0 Å². The molecule has 8 heteroatoms. The molecule has 1 aromatic heterocycles. The minimum Gasteiger partial charge on any atom is -0.482 e.